The molecule has 1 unspecified atom stereocenters. The van der Waals surface area contributed by atoms with E-state index in [4.69, 9.17) is 0 Å². The van der Waals surface area contributed by atoms with Crippen LogP contribution in [-0.2, 0) is 9.84 Å². The molecule has 1 fully saturated rings. The van der Waals surface area contributed by atoms with Gasteiger partial charge >= 0.3 is 0 Å². The lowest BCUT2D eigenvalue weighted by atomic mass is 10.2. The molecule has 1 atom stereocenters. The van der Waals surface area contributed by atoms with Gasteiger partial charge in [-0.2, -0.15) is 5.10 Å². The van der Waals surface area contributed by atoms with Crippen LogP contribution in [0.15, 0.2) is 12.4 Å². The van der Waals surface area contributed by atoms with Crippen LogP contribution in [0.5, 0.6) is 0 Å². The van der Waals surface area contributed by atoms with Gasteiger partial charge in [0.05, 0.1) is 22.8 Å². The van der Waals surface area contributed by atoms with E-state index in [0.717, 1.165) is 0 Å². The minimum Gasteiger partial charge on any atom is -0.351 e. The molecule has 1 saturated heterocycles. The summed E-state index contributed by atoms with van der Waals surface area (Å²) in [5.74, 6) is -0.0601. The van der Waals surface area contributed by atoms with E-state index in [0.29, 0.717) is 18.4 Å². The van der Waals surface area contributed by atoms with Gasteiger partial charge in [0.25, 0.3) is 5.91 Å². The van der Waals surface area contributed by atoms with Crippen LogP contribution in [-0.4, -0.2) is 42.1 Å². The fraction of sp³-hybridized carbons (Fsp3) is 0.556. The highest BCUT2D eigenvalue weighted by Crippen LogP contribution is 2.19. The average Bonchev–Trinajstić information content (AvgIpc) is 2.83. The summed E-state index contributed by atoms with van der Waals surface area (Å²) in [5, 5.41) is 8.35. The maximum Gasteiger partial charge on any atom is 0.254 e. The molecule has 0 aliphatic carbocycles. The number of carbonyl (C=O) groups is 1. The molecule has 0 radical (unpaired) electrons. The first kappa shape index (κ1) is 11.1. The van der Waals surface area contributed by atoms with E-state index in [1.165, 1.54) is 12.4 Å². The first-order chi connectivity index (χ1) is 7.59. The number of hydrogen-bond donors (Lipinski definition) is 2. The number of H-pyrrole nitrogens is 1. The van der Waals surface area contributed by atoms with Crippen LogP contribution in [0.4, 0.5) is 0 Å². The van der Waals surface area contributed by atoms with Crippen molar-refractivity contribution in [2.45, 2.75) is 18.1 Å². The van der Waals surface area contributed by atoms with E-state index in [-0.39, 0.29) is 18.2 Å². The topological polar surface area (TPSA) is 91.9 Å². The highest BCUT2D eigenvalue weighted by molar-refractivity contribution is 7.92. The van der Waals surface area contributed by atoms with E-state index in [9.17, 15) is 13.2 Å². The molecule has 2 heterocycles. The number of rotatable bonds is 3. The van der Waals surface area contributed by atoms with E-state index < -0.39 is 15.1 Å². The Hall–Kier alpha value is -1.37. The van der Waals surface area contributed by atoms with Gasteiger partial charge in [-0.25, -0.2) is 8.42 Å². The monoisotopic (exact) mass is 243 g/mol. The Morgan fingerprint density at radius 1 is 1.62 bits per heavy atom. The molecular formula is C9H13N3O3S. The van der Waals surface area contributed by atoms with Crippen LogP contribution in [0.3, 0.4) is 0 Å². The number of aromatic nitrogens is 2. The Bertz CT molecular complexity index is 466. The maximum atomic E-state index is 11.5. The fourth-order valence-corrected chi connectivity index (χ4v) is 3.54. The summed E-state index contributed by atoms with van der Waals surface area (Å²) in [5.41, 5.74) is 0.412. The quantitative estimate of drug-likeness (QED) is 0.763. The van der Waals surface area contributed by atoms with Crippen LogP contribution < -0.4 is 5.32 Å². The lowest BCUT2D eigenvalue weighted by molar-refractivity contribution is 0.0953. The molecule has 7 heteroatoms. The van der Waals surface area contributed by atoms with Gasteiger partial charge in [-0.1, -0.05) is 0 Å². The van der Waals surface area contributed by atoms with E-state index >= 15 is 0 Å². The molecule has 0 spiro atoms. The molecule has 2 rings (SSSR count). The van der Waals surface area contributed by atoms with E-state index in [1.807, 2.05) is 0 Å². The standard InChI is InChI=1S/C9H13N3O3S/c13-9(7-4-11-12-5-7)10-6-8-2-1-3-16(8,14)15/h4-5,8H,1-3,6H2,(H,10,13)(H,11,12). The fourth-order valence-electron chi connectivity index (χ4n) is 1.77. The van der Waals surface area contributed by atoms with Crippen LogP contribution in [0.2, 0.25) is 0 Å². The molecule has 6 nitrogen and oxygen atoms in total. The van der Waals surface area contributed by atoms with Crippen molar-refractivity contribution in [2.75, 3.05) is 12.3 Å². The SMILES string of the molecule is O=C(NCC1CCCS1(=O)=O)c1cn[nH]c1. The van der Waals surface area contributed by atoms with E-state index in [1.54, 1.807) is 0 Å². The number of nitrogens with one attached hydrogen (secondary N) is 2. The Labute approximate surface area is 93.3 Å². The van der Waals surface area contributed by atoms with Gasteiger partial charge < -0.3 is 5.32 Å². The zero-order valence-corrected chi connectivity index (χ0v) is 9.46. The van der Waals surface area contributed by atoms with Crippen molar-refractivity contribution in [1.82, 2.24) is 15.5 Å². The Morgan fingerprint density at radius 2 is 2.44 bits per heavy atom. The first-order valence-corrected chi connectivity index (χ1v) is 6.80. The number of nitrogens with zero attached hydrogens (tertiary/aromatic N) is 1. The normalized spacial score (nSPS) is 23.1. The largest absolute Gasteiger partial charge is 0.351 e. The predicted molar refractivity (Wildman–Crippen MR) is 57.7 cm³/mol. The van der Waals surface area contributed by atoms with Gasteiger partial charge in [0, 0.05) is 12.7 Å². The van der Waals surface area contributed by atoms with Crippen molar-refractivity contribution in [3.05, 3.63) is 18.0 Å². The first-order valence-electron chi connectivity index (χ1n) is 5.08. The average molecular weight is 243 g/mol. The second kappa shape index (κ2) is 4.25. The third kappa shape index (κ3) is 2.24. The van der Waals surface area contributed by atoms with Crippen molar-refractivity contribution < 1.29 is 13.2 Å². The van der Waals surface area contributed by atoms with Gasteiger partial charge in [-0.05, 0) is 12.8 Å². The molecular weight excluding hydrogens is 230 g/mol. The van der Waals surface area contributed by atoms with Crippen LogP contribution in [0.1, 0.15) is 23.2 Å². The molecule has 88 valence electrons. The van der Waals surface area contributed by atoms with Gasteiger partial charge in [0.15, 0.2) is 9.84 Å². The van der Waals surface area contributed by atoms with Crippen molar-refractivity contribution in [3.63, 3.8) is 0 Å². The molecule has 2 N–H and O–H groups in total. The summed E-state index contributed by atoms with van der Waals surface area (Å²) in [6.07, 6.45) is 4.19. The Morgan fingerprint density at radius 3 is 3.00 bits per heavy atom. The molecule has 0 bridgehead atoms. The van der Waals surface area contributed by atoms with Gasteiger partial charge in [0.1, 0.15) is 0 Å². The highest BCUT2D eigenvalue weighted by Gasteiger charge is 2.31. The van der Waals surface area contributed by atoms with Gasteiger partial charge in [-0.3, -0.25) is 9.89 Å². The second-order valence-electron chi connectivity index (χ2n) is 3.83. The van der Waals surface area contributed by atoms with Crippen molar-refractivity contribution in [1.29, 1.82) is 0 Å². The molecule has 1 aromatic rings. The number of amides is 1. The second-order valence-corrected chi connectivity index (χ2v) is 6.23. The lowest BCUT2D eigenvalue weighted by Crippen LogP contribution is -2.34. The number of sulfone groups is 1. The minimum atomic E-state index is -2.99. The summed E-state index contributed by atoms with van der Waals surface area (Å²) < 4.78 is 23.0. The summed E-state index contributed by atoms with van der Waals surface area (Å²) in [4.78, 5) is 11.5. The molecule has 0 saturated carbocycles. The third-order valence-electron chi connectivity index (χ3n) is 2.71. The number of carbonyl (C=O) groups excluding carboxylic acids is 1. The molecule has 16 heavy (non-hydrogen) atoms. The van der Waals surface area contributed by atoms with Crippen molar-refractivity contribution >= 4 is 15.7 Å². The lowest BCUT2D eigenvalue weighted by Gasteiger charge is -2.09. The molecule has 1 aliphatic heterocycles. The van der Waals surface area contributed by atoms with Crippen LogP contribution >= 0.6 is 0 Å². The summed E-state index contributed by atoms with van der Waals surface area (Å²) in [6, 6.07) is 0. The summed E-state index contributed by atoms with van der Waals surface area (Å²) in [7, 11) is -2.99. The Balaban J connectivity index is 1.91. The molecule has 1 aliphatic rings. The molecule has 1 amide bonds. The van der Waals surface area contributed by atoms with Crippen LogP contribution in [0.25, 0.3) is 0 Å². The number of aromatic amines is 1. The zero-order chi connectivity index (χ0) is 11.6. The van der Waals surface area contributed by atoms with Crippen molar-refractivity contribution in [2.24, 2.45) is 0 Å². The minimum absolute atomic E-state index is 0.187. The number of hydrogen-bond acceptors (Lipinski definition) is 4. The zero-order valence-electron chi connectivity index (χ0n) is 8.64. The maximum absolute atomic E-state index is 11.5. The van der Waals surface area contributed by atoms with Gasteiger partial charge in [0.2, 0.25) is 0 Å². The van der Waals surface area contributed by atoms with Crippen LogP contribution in [0, 0.1) is 0 Å². The Kier molecular flexibility index (Phi) is 2.95. The smallest absolute Gasteiger partial charge is 0.254 e. The van der Waals surface area contributed by atoms with Crippen molar-refractivity contribution in [3.8, 4) is 0 Å². The third-order valence-corrected chi connectivity index (χ3v) is 4.99. The highest BCUT2D eigenvalue weighted by atomic mass is 32.2. The van der Waals surface area contributed by atoms with E-state index in [2.05, 4.69) is 15.5 Å². The molecule has 1 aromatic heterocycles. The molecule has 0 aromatic carbocycles. The summed E-state index contributed by atoms with van der Waals surface area (Å²) in [6.45, 7) is 0.187. The predicted octanol–water partition coefficient (Wildman–Crippen LogP) is -0.283. The summed E-state index contributed by atoms with van der Waals surface area (Å²) >= 11 is 0. The van der Waals surface area contributed by atoms with Gasteiger partial charge in [-0.15, -0.1) is 0 Å².